The van der Waals surface area contributed by atoms with Gasteiger partial charge in [-0.25, -0.2) is 0 Å². The molecule has 0 aromatic carbocycles. The van der Waals surface area contributed by atoms with Gasteiger partial charge in [-0.1, -0.05) is 129 Å². The molecule has 1 aliphatic rings. The van der Waals surface area contributed by atoms with Crippen LogP contribution in [0.2, 0.25) is 0 Å². The van der Waals surface area contributed by atoms with Crippen LogP contribution in [0.4, 0.5) is 0 Å². The molecular weight excluding hydrogens is 496 g/mol. The van der Waals surface area contributed by atoms with E-state index in [9.17, 15) is 0 Å². The molecule has 1 unspecified atom stereocenters. The van der Waals surface area contributed by atoms with Crippen LogP contribution in [0.1, 0.15) is 152 Å². The molecule has 1 heterocycles. The van der Waals surface area contributed by atoms with E-state index in [1.54, 1.807) is 14.2 Å². The van der Waals surface area contributed by atoms with Gasteiger partial charge >= 0.3 is 0 Å². The van der Waals surface area contributed by atoms with Crippen LogP contribution in [0, 0.1) is 0 Å². The van der Waals surface area contributed by atoms with Gasteiger partial charge in [0.1, 0.15) is 0 Å². The van der Waals surface area contributed by atoms with Gasteiger partial charge in [0.15, 0.2) is 0 Å². The fraction of sp³-hybridized carbons (Fsp3) is 0.833. The molecule has 0 bridgehead atoms. The summed E-state index contributed by atoms with van der Waals surface area (Å²) in [5.74, 6) is 0. The van der Waals surface area contributed by atoms with Gasteiger partial charge in [-0.3, -0.25) is 0 Å². The lowest BCUT2D eigenvalue weighted by atomic mass is 10.4. The lowest BCUT2D eigenvalue weighted by Crippen LogP contribution is -1.88. The van der Waals surface area contributed by atoms with Crippen molar-refractivity contribution in [3.63, 3.8) is 0 Å². The van der Waals surface area contributed by atoms with E-state index in [4.69, 9.17) is 9.47 Å². The van der Waals surface area contributed by atoms with Gasteiger partial charge in [-0.05, 0) is 47.5 Å². The Hall–Kier alpha value is -0.940. The summed E-state index contributed by atoms with van der Waals surface area (Å²) in [5.41, 5.74) is 0. The molecule has 4 nitrogen and oxygen atoms in total. The summed E-state index contributed by atoms with van der Waals surface area (Å²) in [7, 11) is 3.36. The van der Waals surface area contributed by atoms with Crippen molar-refractivity contribution < 1.29 is 18.9 Å². The summed E-state index contributed by atoms with van der Waals surface area (Å²) < 4.78 is 18.9. The smallest absolute Gasteiger partial charge is 0.0807 e. The highest BCUT2D eigenvalue weighted by molar-refractivity contribution is 4.98. The zero-order chi connectivity index (χ0) is 34.2. The second-order valence-corrected chi connectivity index (χ2v) is 4.77. The summed E-state index contributed by atoms with van der Waals surface area (Å²) in [6.07, 6.45) is 11.0. The first-order chi connectivity index (χ1) is 19.1. The van der Waals surface area contributed by atoms with Crippen molar-refractivity contribution >= 4 is 0 Å². The van der Waals surface area contributed by atoms with Gasteiger partial charge in [0.2, 0.25) is 0 Å². The van der Waals surface area contributed by atoms with Crippen molar-refractivity contribution in [2.24, 2.45) is 0 Å². The first kappa shape index (κ1) is 77.3. The predicted molar refractivity (Wildman–Crippen MR) is 198 cm³/mol. The highest BCUT2D eigenvalue weighted by Crippen LogP contribution is 2.10. The summed E-state index contributed by atoms with van der Waals surface area (Å²) in [6, 6.07) is 0. The van der Waals surface area contributed by atoms with E-state index < -0.39 is 0 Å². The molecule has 1 saturated heterocycles. The van der Waals surface area contributed by atoms with Crippen LogP contribution in [0.15, 0.2) is 37.5 Å². The Balaban J connectivity index is -0.0000000221. The molecule has 0 radical (unpaired) electrons. The third-order valence-electron chi connectivity index (χ3n) is 2.48. The molecule has 0 aliphatic carbocycles. The number of methoxy groups -OCH3 is 2. The van der Waals surface area contributed by atoms with Gasteiger partial charge in [0.25, 0.3) is 0 Å². The van der Waals surface area contributed by atoms with Crippen molar-refractivity contribution in [1.82, 2.24) is 0 Å². The fourth-order valence-corrected chi connectivity index (χ4v) is 0.815. The maximum Gasteiger partial charge on any atom is 0.0807 e. The molecular formula is C36H90O4. The number of rotatable bonds is 7. The molecule has 1 fully saturated rings. The Morgan fingerprint density at radius 1 is 0.625 bits per heavy atom. The third-order valence-corrected chi connectivity index (χ3v) is 2.48. The van der Waals surface area contributed by atoms with Gasteiger partial charge in [-0.2, -0.15) is 0 Å². The lowest BCUT2D eigenvalue weighted by Gasteiger charge is -1.91. The van der Waals surface area contributed by atoms with Gasteiger partial charge < -0.3 is 18.9 Å². The van der Waals surface area contributed by atoms with E-state index in [0.717, 1.165) is 39.5 Å². The molecule has 4 heteroatoms. The van der Waals surface area contributed by atoms with Gasteiger partial charge in [-0.15, -0.1) is 13.2 Å². The minimum absolute atomic E-state index is 0. The van der Waals surface area contributed by atoms with Crippen molar-refractivity contribution in [2.45, 2.75) is 158 Å². The first-order valence-electron chi connectivity index (χ1n) is 16.0. The highest BCUT2D eigenvalue weighted by atomic mass is 16.6. The maximum absolute atomic E-state index is 4.98. The topological polar surface area (TPSA) is 40.2 Å². The number of hydrogen-bond donors (Lipinski definition) is 0. The summed E-state index contributed by atoms with van der Waals surface area (Å²) >= 11 is 0. The third kappa shape index (κ3) is 331. The van der Waals surface area contributed by atoms with Crippen molar-refractivity contribution in [1.29, 1.82) is 0 Å². The Labute approximate surface area is 261 Å². The average Bonchev–Trinajstić information content (AvgIpc) is 3.91. The quantitative estimate of drug-likeness (QED) is 0.129. The predicted octanol–water partition coefficient (Wildman–Crippen LogP) is 13.3. The molecule has 40 heavy (non-hydrogen) atoms. The largest absolute Gasteiger partial charge is 0.385 e. The van der Waals surface area contributed by atoms with Crippen molar-refractivity contribution in [3.05, 3.63) is 37.5 Å². The molecule has 0 aromatic rings. The first-order valence-corrected chi connectivity index (χ1v) is 16.0. The maximum atomic E-state index is 4.98. The van der Waals surface area contributed by atoms with E-state index in [2.05, 4.69) is 36.5 Å². The summed E-state index contributed by atoms with van der Waals surface area (Å²) in [6.45, 7) is 48.6. The van der Waals surface area contributed by atoms with Crippen molar-refractivity contribution in [2.75, 3.05) is 47.3 Å². The second kappa shape index (κ2) is 180. The minimum Gasteiger partial charge on any atom is -0.385 e. The van der Waals surface area contributed by atoms with Crippen LogP contribution >= 0.6 is 0 Å². The van der Waals surface area contributed by atoms with Crippen LogP contribution in [0.3, 0.4) is 0 Å². The zero-order valence-corrected chi connectivity index (χ0v) is 31.9. The van der Waals surface area contributed by atoms with Crippen LogP contribution in [0.25, 0.3) is 0 Å². The fourth-order valence-electron chi connectivity index (χ4n) is 0.815. The molecule has 0 aromatic heterocycles. The SMILES string of the molecule is C.C/C=C/C=C/C.C=C.CC.CC.CC.CC.CC.CC.CCC1CO1.CCCOCC.CCOC.CCOC. The number of ether oxygens (including phenoxy) is 4. The van der Waals surface area contributed by atoms with E-state index in [-0.39, 0.29) is 7.43 Å². The molecule has 0 N–H and O–H groups in total. The normalized spacial score (nSPS) is 9.88. The van der Waals surface area contributed by atoms with Gasteiger partial charge in [0.05, 0.1) is 12.7 Å². The summed E-state index contributed by atoms with van der Waals surface area (Å²) in [4.78, 5) is 0. The van der Waals surface area contributed by atoms with Crippen LogP contribution in [-0.2, 0) is 18.9 Å². The Kier molecular flexibility index (Phi) is 347. The Bertz CT molecular complexity index is 217. The van der Waals surface area contributed by atoms with Crippen LogP contribution in [0.5, 0.6) is 0 Å². The number of hydrogen-bond acceptors (Lipinski definition) is 4. The Morgan fingerprint density at radius 2 is 0.875 bits per heavy atom. The summed E-state index contributed by atoms with van der Waals surface area (Å²) in [5, 5.41) is 0. The van der Waals surface area contributed by atoms with Crippen LogP contribution in [-0.4, -0.2) is 53.4 Å². The molecule has 1 rings (SSSR count). The van der Waals surface area contributed by atoms with E-state index >= 15 is 0 Å². The van der Waals surface area contributed by atoms with Crippen LogP contribution < -0.4 is 0 Å². The number of allylic oxidation sites excluding steroid dienone is 4. The number of epoxide rings is 1. The van der Waals surface area contributed by atoms with E-state index in [0.29, 0.717) is 6.10 Å². The minimum atomic E-state index is 0. The second-order valence-electron chi connectivity index (χ2n) is 4.77. The molecule has 258 valence electrons. The molecule has 1 atom stereocenters. The average molecular weight is 587 g/mol. The zero-order valence-electron chi connectivity index (χ0n) is 31.9. The molecule has 0 spiro atoms. The monoisotopic (exact) mass is 587 g/mol. The molecule has 1 aliphatic heterocycles. The lowest BCUT2D eigenvalue weighted by molar-refractivity contribution is 0.148. The molecule has 0 saturated carbocycles. The van der Waals surface area contributed by atoms with Crippen molar-refractivity contribution in [3.8, 4) is 0 Å². The van der Waals surface area contributed by atoms with E-state index in [1.165, 1.54) is 6.42 Å². The highest BCUT2D eigenvalue weighted by Gasteiger charge is 2.18. The Morgan fingerprint density at radius 3 is 0.925 bits per heavy atom. The molecule has 0 amide bonds. The van der Waals surface area contributed by atoms with E-state index in [1.807, 2.05) is 142 Å². The van der Waals surface area contributed by atoms with Gasteiger partial charge in [0, 0.05) is 40.6 Å². The standard InChI is InChI=1S/C6H10.C5H12O.C4H8O.2C3H8O.6C2H6.C2H4.CH4/c2*1-3-5-6-4-2;1-2-4-3-5-4;2*1-3-4-2;7*1-2;/h3-6H,1-2H3;3-5H2,1-2H3;4H,2-3H2,1H3;2*3H2,1-2H3;6*1-2H3;1-2H2;1H4/b5-3+,6-4+;;;;;;;;;;;;.